The monoisotopic (exact) mass is 457 g/mol. The molecule has 186 valence electrons. The van der Waals surface area contributed by atoms with Crippen molar-refractivity contribution in [1.82, 2.24) is 5.06 Å². The molecule has 33 heavy (non-hydrogen) atoms. The lowest BCUT2D eigenvalue weighted by Gasteiger charge is -2.59. The predicted molar refractivity (Wildman–Crippen MR) is 134 cm³/mol. The highest BCUT2D eigenvalue weighted by atomic mass is 16.7. The summed E-state index contributed by atoms with van der Waals surface area (Å²) in [6, 6.07) is 10.5. The van der Waals surface area contributed by atoms with Crippen molar-refractivity contribution in [3.8, 4) is 0 Å². The summed E-state index contributed by atoms with van der Waals surface area (Å²) < 4.78 is 14.1. The Bertz CT molecular complexity index is 694. The number of hydrogen-bond donors (Lipinski definition) is 0. The fraction of sp³-hybridized carbons (Fsp3) is 0.793. The highest BCUT2D eigenvalue weighted by Gasteiger charge is 2.56. The van der Waals surface area contributed by atoms with E-state index in [1.54, 1.807) is 0 Å². The summed E-state index contributed by atoms with van der Waals surface area (Å²) >= 11 is 0. The van der Waals surface area contributed by atoms with Gasteiger partial charge in [-0.3, -0.25) is 4.84 Å². The normalized spacial score (nSPS) is 27.3. The summed E-state index contributed by atoms with van der Waals surface area (Å²) in [5.41, 5.74) is 0.778. The zero-order chi connectivity index (χ0) is 23.5. The van der Waals surface area contributed by atoms with Crippen molar-refractivity contribution in [2.45, 2.75) is 147 Å². The molecule has 0 bridgehead atoms. The average Bonchev–Trinajstić information content (AvgIpc) is 2.77. The van der Waals surface area contributed by atoms with Crippen LogP contribution in [0.15, 0.2) is 30.3 Å². The molecule has 0 aromatic heterocycles. The molecule has 4 heteroatoms. The van der Waals surface area contributed by atoms with Crippen LogP contribution in [0.25, 0.3) is 0 Å². The molecule has 3 aliphatic rings. The lowest BCUT2D eigenvalue weighted by Crippen LogP contribution is -2.67. The van der Waals surface area contributed by atoms with Crippen LogP contribution in [0, 0.1) is 0 Å². The summed E-state index contributed by atoms with van der Waals surface area (Å²) in [6.07, 6.45) is 14.8. The Morgan fingerprint density at radius 3 is 1.64 bits per heavy atom. The van der Waals surface area contributed by atoms with Gasteiger partial charge in [0, 0.05) is 23.9 Å². The Hall–Kier alpha value is -0.940. The fourth-order valence-corrected chi connectivity index (χ4v) is 6.74. The molecule has 4 rings (SSSR count). The van der Waals surface area contributed by atoms with Gasteiger partial charge in [0.25, 0.3) is 0 Å². The number of nitrogens with zero attached hydrogens (tertiary/aromatic N) is 1. The summed E-state index contributed by atoms with van der Waals surface area (Å²) in [5, 5.41) is 2.25. The van der Waals surface area contributed by atoms with E-state index >= 15 is 0 Å². The Morgan fingerprint density at radius 1 is 0.727 bits per heavy atom. The molecule has 2 aliphatic carbocycles. The van der Waals surface area contributed by atoms with E-state index < -0.39 is 5.79 Å². The average molecular weight is 458 g/mol. The van der Waals surface area contributed by atoms with Crippen molar-refractivity contribution in [1.29, 1.82) is 0 Å². The van der Waals surface area contributed by atoms with Gasteiger partial charge in [0.1, 0.15) is 6.10 Å². The third-order valence-electron chi connectivity index (χ3n) is 7.90. The second kappa shape index (κ2) is 10.4. The van der Waals surface area contributed by atoms with Crippen LogP contribution in [0.3, 0.4) is 0 Å². The first-order valence-electron chi connectivity index (χ1n) is 13.6. The Kier molecular flexibility index (Phi) is 7.90. The van der Waals surface area contributed by atoms with Crippen LogP contribution in [0.1, 0.15) is 123 Å². The van der Waals surface area contributed by atoms with Gasteiger partial charge in [-0.2, -0.15) is 5.06 Å². The van der Waals surface area contributed by atoms with Crippen LogP contribution in [0.2, 0.25) is 0 Å². The van der Waals surface area contributed by atoms with Crippen molar-refractivity contribution in [3.63, 3.8) is 0 Å². The molecule has 1 heterocycles. The first-order valence-corrected chi connectivity index (χ1v) is 13.6. The van der Waals surface area contributed by atoms with Gasteiger partial charge in [-0.15, -0.1) is 0 Å². The van der Waals surface area contributed by atoms with Gasteiger partial charge in [-0.25, -0.2) is 0 Å². The minimum absolute atomic E-state index is 0.00391. The molecule has 1 atom stereocenters. The van der Waals surface area contributed by atoms with Gasteiger partial charge >= 0.3 is 0 Å². The number of ether oxygens (including phenoxy) is 2. The summed E-state index contributed by atoms with van der Waals surface area (Å²) in [4.78, 5) is 6.70. The second-order valence-corrected chi connectivity index (χ2v) is 12.1. The maximum absolute atomic E-state index is 7.03. The smallest absolute Gasteiger partial charge is 0.172 e. The van der Waals surface area contributed by atoms with E-state index in [0.717, 1.165) is 12.8 Å². The first-order chi connectivity index (χ1) is 15.7. The molecule has 4 nitrogen and oxygen atoms in total. The first kappa shape index (κ1) is 25.2. The van der Waals surface area contributed by atoms with Crippen molar-refractivity contribution in [2.75, 3.05) is 0 Å². The van der Waals surface area contributed by atoms with E-state index in [4.69, 9.17) is 14.3 Å². The van der Waals surface area contributed by atoms with Gasteiger partial charge in [0.15, 0.2) is 5.79 Å². The summed E-state index contributed by atoms with van der Waals surface area (Å²) in [5.74, 6) is -0.535. The quantitative estimate of drug-likeness (QED) is 0.392. The zero-order valence-electron chi connectivity index (χ0n) is 21.8. The third-order valence-corrected chi connectivity index (χ3v) is 7.90. The van der Waals surface area contributed by atoms with Gasteiger partial charge in [-0.05, 0) is 65.9 Å². The SMILES string of the molecule is CC(ON1C(C)(C)CC(OC2CCCCC2)(OC2CCCCC2)CC1(C)C)c1ccccc1. The minimum Gasteiger partial charge on any atom is -0.347 e. The number of piperidine rings is 1. The van der Waals surface area contributed by atoms with Crippen molar-refractivity contribution in [3.05, 3.63) is 35.9 Å². The Morgan fingerprint density at radius 2 is 1.18 bits per heavy atom. The van der Waals surface area contributed by atoms with E-state index in [2.05, 4.69) is 70.0 Å². The van der Waals surface area contributed by atoms with E-state index in [-0.39, 0.29) is 17.2 Å². The molecular formula is C29H47NO3. The maximum atomic E-state index is 7.03. The molecule has 3 fully saturated rings. The van der Waals surface area contributed by atoms with E-state index in [1.165, 1.54) is 69.8 Å². The van der Waals surface area contributed by atoms with Crippen molar-refractivity contribution >= 4 is 0 Å². The van der Waals surface area contributed by atoms with Crippen LogP contribution in [0.4, 0.5) is 0 Å². The summed E-state index contributed by atoms with van der Waals surface area (Å²) in [7, 11) is 0. The van der Waals surface area contributed by atoms with Crippen molar-refractivity contribution < 1.29 is 14.3 Å². The van der Waals surface area contributed by atoms with E-state index in [0.29, 0.717) is 12.2 Å². The topological polar surface area (TPSA) is 30.9 Å². The number of rotatable bonds is 7. The maximum Gasteiger partial charge on any atom is 0.172 e. The van der Waals surface area contributed by atoms with Gasteiger partial charge in [-0.1, -0.05) is 68.9 Å². The van der Waals surface area contributed by atoms with Crippen LogP contribution in [0.5, 0.6) is 0 Å². The van der Waals surface area contributed by atoms with Gasteiger partial charge in [0.05, 0.1) is 12.2 Å². The molecule has 1 aromatic rings. The minimum atomic E-state index is -0.535. The Labute approximate surface area is 202 Å². The molecule has 0 radical (unpaired) electrons. The number of hydroxylamine groups is 2. The molecule has 1 aromatic carbocycles. The molecule has 1 aliphatic heterocycles. The second-order valence-electron chi connectivity index (χ2n) is 12.1. The van der Waals surface area contributed by atoms with Gasteiger partial charge in [0.2, 0.25) is 0 Å². The molecule has 2 saturated carbocycles. The van der Waals surface area contributed by atoms with Crippen LogP contribution < -0.4 is 0 Å². The predicted octanol–water partition coefficient (Wildman–Crippen LogP) is 7.73. The molecule has 1 saturated heterocycles. The van der Waals surface area contributed by atoms with Crippen LogP contribution in [-0.4, -0.2) is 34.1 Å². The molecular weight excluding hydrogens is 410 g/mol. The van der Waals surface area contributed by atoms with Crippen LogP contribution in [-0.2, 0) is 14.3 Å². The zero-order valence-corrected chi connectivity index (χ0v) is 21.8. The summed E-state index contributed by atoms with van der Waals surface area (Å²) in [6.45, 7) is 11.4. The molecule has 0 spiro atoms. The number of hydrogen-bond acceptors (Lipinski definition) is 4. The largest absolute Gasteiger partial charge is 0.347 e. The molecule has 1 unspecified atom stereocenters. The van der Waals surface area contributed by atoms with E-state index in [1.807, 2.05) is 0 Å². The van der Waals surface area contributed by atoms with Gasteiger partial charge < -0.3 is 9.47 Å². The lowest BCUT2D eigenvalue weighted by molar-refractivity contribution is -0.383. The molecule has 0 N–H and O–H groups in total. The lowest BCUT2D eigenvalue weighted by atomic mass is 9.77. The van der Waals surface area contributed by atoms with Crippen LogP contribution >= 0.6 is 0 Å². The van der Waals surface area contributed by atoms with E-state index in [9.17, 15) is 0 Å². The highest BCUT2D eigenvalue weighted by molar-refractivity contribution is 5.17. The fourth-order valence-electron chi connectivity index (χ4n) is 6.74. The molecule has 0 amide bonds. The third kappa shape index (κ3) is 6.20. The number of benzene rings is 1. The Balaban J connectivity index is 1.56. The van der Waals surface area contributed by atoms with Crippen molar-refractivity contribution in [2.24, 2.45) is 0 Å². The highest BCUT2D eigenvalue weighted by Crippen LogP contribution is 2.49. The standard InChI is InChI=1S/C29H47NO3/c1-23(24-15-9-6-10-16-24)33-30-27(2,3)21-29(22-28(30,4)5,31-25-17-11-7-12-18-25)32-26-19-13-8-14-20-26/h6,9-10,15-16,23,25-26H,7-8,11-14,17-22H2,1-5H3.